The molecule has 0 spiro atoms. The smallest absolute Gasteiger partial charge is 0.275 e. The molecule has 1 aliphatic heterocycles. The summed E-state index contributed by atoms with van der Waals surface area (Å²) in [4.78, 5) is 12.5. The van der Waals surface area contributed by atoms with Crippen LogP contribution in [-0.4, -0.2) is 34.6 Å². The fraction of sp³-hybridized carbons (Fsp3) is 0.455. The minimum Gasteiger partial charge on any atom is -0.391 e. The molecule has 1 saturated heterocycles. The van der Waals surface area contributed by atoms with Crippen LogP contribution >= 0.6 is 11.8 Å². The highest BCUT2D eigenvalue weighted by atomic mass is 32.2. The van der Waals surface area contributed by atoms with E-state index in [1.54, 1.807) is 12.1 Å². The number of aliphatic hydroxyl groups is 1. The number of nitro groups is 1. The molecule has 1 aromatic rings. The van der Waals surface area contributed by atoms with Crippen molar-refractivity contribution in [2.24, 2.45) is 0 Å². The van der Waals surface area contributed by atoms with E-state index >= 15 is 0 Å². The van der Waals surface area contributed by atoms with Crippen LogP contribution in [-0.2, 0) is 6.61 Å². The molecular formula is C11H14N2O3S. The van der Waals surface area contributed by atoms with Crippen LogP contribution < -0.4 is 4.90 Å². The first-order valence-corrected chi connectivity index (χ1v) is 6.58. The van der Waals surface area contributed by atoms with Gasteiger partial charge in [0.15, 0.2) is 0 Å². The molecule has 0 aliphatic carbocycles. The van der Waals surface area contributed by atoms with Crippen molar-refractivity contribution in [3.05, 3.63) is 33.9 Å². The lowest BCUT2D eigenvalue weighted by Gasteiger charge is -2.28. The minimum atomic E-state index is -0.457. The number of thioether (sulfide) groups is 1. The van der Waals surface area contributed by atoms with Crippen LogP contribution in [0, 0.1) is 10.1 Å². The van der Waals surface area contributed by atoms with E-state index in [1.807, 2.05) is 11.8 Å². The number of hydrogen-bond donors (Lipinski definition) is 1. The van der Waals surface area contributed by atoms with E-state index in [-0.39, 0.29) is 12.3 Å². The van der Waals surface area contributed by atoms with Gasteiger partial charge in [0, 0.05) is 36.3 Å². The van der Waals surface area contributed by atoms with Crippen LogP contribution in [0.25, 0.3) is 0 Å². The summed E-state index contributed by atoms with van der Waals surface area (Å²) >= 11 is 1.91. The van der Waals surface area contributed by atoms with Crippen molar-refractivity contribution in [2.45, 2.75) is 6.61 Å². The lowest BCUT2D eigenvalue weighted by Crippen LogP contribution is -2.32. The number of nitro benzene ring substituents is 1. The molecule has 0 atom stereocenters. The van der Waals surface area contributed by atoms with Gasteiger partial charge in [0.05, 0.1) is 17.1 Å². The van der Waals surface area contributed by atoms with E-state index in [0.29, 0.717) is 5.56 Å². The van der Waals surface area contributed by atoms with Crippen molar-refractivity contribution in [3.8, 4) is 0 Å². The second-order valence-electron chi connectivity index (χ2n) is 3.83. The average molecular weight is 254 g/mol. The van der Waals surface area contributed by atoms with Crippen molar-refractivity contribution in [1.82, 2.24) is 0 Å². The SMILES string of the molecule is O=[N+]([O-])c1ccc(N2CCSCC2)cc1CO. The minimum absolute atomic E-state index is 0.0114. The Morgan fingerprint density at radius 2 is 2.12 bits per heavy atom. The molecule has 1 aromatic carbocycles. The molecular weight excluding hydrogens is 240 g/mol. The molecule has 0 unspecified atom stereocenters. The molecule has 0 aromatic heterocycles. The summed E-state index contributed by atoms with van der Waals surface area (Å²) in [6, 6.07) is 4.95. The molecule has 2 rings (SSSR count). The highest BCUT2D eigenvalue weighted by Crippen LogP contribution is 2.26. The Bertz CT molecular complexity index is 419. The third-order valence-electron chi connectivity index (χ3n) is 2.81. The maximum absolute atomic E-state index is 10.7. The van der Waals surface area contributed by atoms with Gasteiger partial charge >= 0.3 is 0 Å². The molecule has 1 heterocycles. The zero-order chi connectivity index (χ0) is 12.3. The van der Waals surface area contributed by atoms with Gasteiger partial charge in [-0.25, -0.2) is 0 Å². The van der Waals surface area contributed by atoms with E-state index in [0.717, 1.165) is 30.3 Å². The Morgan fingerprint density at radius 3 is 2.71 bits per heavy atom. The Balaban J connectivity index is 2.27. The van der Waals surface area contributed by atoms with Crippen molar-refractivity contribution >= 4 is 23.1 Å². The Hall–Kier alpha value is -1.27. The van der Waals surface area contributed by atoms with Gasteiger partial charge in [0.25, 0.3) is 5.69 Å². The van der Waals surface area contributed by atoms with Crippen LogP contribution in [0.4, 0.5) is 11.4 Å². The molecule has 0 radical (unpaired) electrons. The fourth-order valence-electron chi connectivity index (χ4n) is 1.89. The molecule has 1 N–H and O–H groups in total. The second kappa shape index (κ2) is 5.37. The summed E-state index contributed by atoms with van der Waals surface area (Å²) < 4.78 is 0. The van der Waals surface area contributed by atoms with Crippen molar-refractivity contribution in [2.75, 3.05) is 29.5 Å². The maximum atomic E-state index is 10.7. The van der Waals surface area contributed by atoms with Gasteiger partial charge in [-0.2, -0.15) is 11.8 Å². The molecule has 0 bridgehead atoms. The van der Waals surface area contributed by atoms with Gasteiger partial charge in [-0.15, -0.1) is 0 Å². The number of hydrogen-bond acceptors (Lipinski definition) is 5. The number of benzene rings is 1. The number of aliphatic hydroxyl groups excluding tert-OH is 1. The first-order chi connectivity index (χ1) is 8.22. The zero-order valence-corrected chi connectivity index (χ0v) is 10.2. The van der Waals surface area contributed by atoms with E-state index in [1.165, 1.54) is 6.07 Å². The Kier molecular flexibility index (Phi) is 3.86. The molecule has 0 amide bonds. The summed E-state index contributed by atoms with van der Waals surface area (Å²) in [5.41, 5.74) is 1.33. The molecule has 5 nitrogen and oxygen atoms in total. The highest BCUT2D eigenvalue weighted by molar-refractivity contribution is 7.99. The van der Waals surface area contributed by atoms with Crippen LogP contribution in [0.3, 0.4) is 0 Å². The first-order valence-electron chi connectivity index (χ1n) is 5.43. The zero-order valence-electron chi connectivity index (χ0n) is 9.33. The number of anilines is 1. The van der Waals surface area contributed by atoms with Gasteiger partial charge in [-0.1, -0.05) is 0 Å². The molecule has 1 fully saturated rings. The summed E-state index contributed by atoms with van der Waals surface area (Å²) in [5, 5.41) is 19.9. The van der Waals surface area contributed by atoms with Gasteiger partial charge in [-0.05, 0) is 12.1 Å². The summed E-state index contributed by atoms with van der Waals surface area (Å²) in [7, 11) is 0. The van der Waals surface area contributed by atoms with Crippen LogP contribution in [0.15, 0.2) is 18.2 Å². The van der Waals surface area contributed by atoms with E-state index in [2.05, 4.69) is 4.90 Å². The van der Waals surface area contributed by atoms with Gasteiger partial charge in [0.1, 0.15) is 0 Å². The van der Waals surface area contributed by atoms with E-state index < -0.39 is 4.92 Å². The Morgan fingerprint density at radius 1 is 1.41 bits per heavy atom. The number of nitrogens with zero attached hydrogens (tertiary/aromatic N) is 2. The monoisotopic (exact) mass is 254 g/mol. The summed E-state index contributed by atoms with van der Waals surface area (Å²) in [6.45, 7) is 1.60. The second-order valence-corrected chi connectivity index (χ2v) is 5.05. The van der Waals surface area contributed by atoms with Gasteiger partial charge in [-0.3, -0.25) is 10.1 Å². The van der Waals surface area contributed by atoms with Gasteiger partial charge in [0.2, 0.25) is 0 Å². The third-order valence-corrected chi connectivity index (χ3v) is 3.75. The molecule has 1 aliphatic rings. The largest absolute Gasteiger partial charge is 0.391 e. The normalized spacial score (nSPS) is 15.9. The lowest BCUT2D eigenvalue weighted by molar-refractivity contribution is -0.385. The van der Waals surface area contributed by atoms with Crippen LogP contribution in [0.5, 0.6) is 0 Å². The lowest BCUT2D eigenvalue weighted by atomic mass is 10.1. The van der Waals surface area contributed by atoms with Gasteiger partial charge < -0.3 is 10.0 Å². The van der Waals surface area contributed by atoms with Crippen molar-refractivity contribution < 1.29 is 10.0 Å². The van der Waals surface area contributed by atoms with Crippen molar-refractivity contribution in [3.63, 3.8) is 0 Å². The van der Waals surface area contributed by atoms with Crippen molar-refractivity contribution in [1.29, 1.82) is 0 Å². The van der Waals surface area contributed by atoms with E-state index in [9.17, 15) is 10.1 Å². The fourth-order valence-corrected chi connectivity index (χ4v) is 2.80. The molecule has 17 heavy (non-hydrogen) atoms. The van der Waals surface area contributed by atoms with Crippen LogP contribution in [0.1, 0.15) is 5.56 Å². The summed E-state index contributed by atoms with van der Waals surface area (Å²) in [6.07, 6.45) is 0. The Labute approximate surface area is 104 Å². The maximum Gasteiger partial charge on any atom is 0.275 e. The predicted octanol–water partition coefficient (Wildman–Crippen LogP) is 1.64. The van der Waals surface area contributed by atoms with E-state index in [4.69, 9.17) is 5.11 Å². The highest BCUT2D eigenvalue weighted by Gasteiger charge is 2.17. The quantitative estimate of drug-likeness (QED) is 0.656. The molecule has 6 heteroatoms. The molecule has 92 valence electrons. The average Bonchev–Trinajstić information content (AvgIpc) is 2.39. The topological polar surface area (TPSA) is 66.6 Å². The first kappa shape index (κ1) is 12.2. The number of rotatable bonds is 3. The van der Waals surface area contributed by atoms with Crippen LogP contribution in [0.2, 0.25) is 0 Å². The summed E-state index contributed by atoms with van der Waals surface area (Å²) in [5.74, 6) is 2.15. The third kappa shape index (κ3) is 2.70. The molecule has 0 saturated carbocycles. The predicted molar refractivity (Wildman–Crippen MR) is 68.6 cm³/mol. The standard InChI is InChI=1S/C11H14N2O3S/c14-8-9-7-10(1-2-11(9)13(15)16)12-3-5-17-6-4-12/h1-2,7,14H,3-6,8H2.